The van der Waals surface area contributed by atoms with Crippen molar-refractivity contribution in [2.45, 2.75) is 13.0 Å². The van der Waals surface area contributed by atoms with E-state index in [0.717, 1.165) is 0 Å². The number of hydrogen-bond donors (Lipinski definition) is 1. The van der Waals surface area contributed by atoms with E-state index in [0.29, 0.717) is 17.2 Å². The molecule has 0 unspecified atom stereocenters. The Hall–Kier alpha value is -3.75. The van der Waals surface area contributed by atoms with Gasteiger partial charge in [0, 0.05) is 11.6 Å². The molecule has 1 amide bonds. The smallest absolute Gasteiger partial charge is 0.292 e. The fourth-order valence-corrected chi connectivity index (χ4v) is 2.21. The van der Waals surface area contributed by atoms with E-state index in [4.69, 9.17) is 9.15 Å². The molecule has 0 radical (unpaired) electrons. The lowest BCUT2D eigenvalue weighted by Crippen LogP contribution is -2.30. The minimum absolute atomic E-state index is 0.115. The second kappa shape index (κ2) is 7.43. The molecule has 0 aliphatic rings. The van der Waals surface area contributed by atoms with E-state index in [1.807, 2.05) is 0 Å². The monoisotopic (exact) mass is 354 g/mol. The first kappa shape index (κ1) is 17.1. The van der Waals surface area contributed by atoms with Crippen molar-refractivity contribution in [3.05, 3.63) is 65.0 Å². The summed E-state index contributed by atoms with van der Waals surface area (Å²) >= 11 is 0. The van der Waals surface area contributed by atoms with Crippen LogP contribution in [-0.4, -0.2) is 27.1 Å². The van der Waals surface area contributed by atoms with Gasteiger partial charge in [0.2, 0.25) is 12.3 Å². The number of nitro groups is 1. The number of aromatic nitrogens is 2. The fourth-order valence-electron chi connectivity index (χ4n) is 2.21. The van der Waals surface area contributed by atoms with Crippen LogP contribution in [-0.2, 0) is 4.79 Å². The number of nitro benzene ring substituents is 1. The molecule has 0 aliphatic heterocycles. The highest BCUT2D eigenvalue weighted by Crippen LogP contribution is 2.24. The van der Waals surface area contributed by atoms with E-state index >= 15 is 0 Å². The van der Waals surface area contributed by atoms with Crippen molar-refractivity contribution in [3.8, 4) is 17.2 Å². The summed E-state index contributed by atoms with van der Waals surface area (Å²) in [6.07, 6.45) is 0.374. The van der Waals surface area contributed by atoms with E-state index in [1.54, 1.807) is 37.3 Å². The molecule has 26 heavy (non-hydrogen) atoms. The summed E-state index contributed by atoms with van der Waals surface area (Å²) in [5.41, 5.74) is 0.647. The van der Waals surface area contributed by atoms with Crippen LogP contribution >= 0.6 is 0 Å². The van der Waals surface area contributed by atoms with Gasteiger partial charge in [-0.3, -0.25) is 14.9 Å². The molecule has 0 bridgehead atoms. The molecule has 0 saturated heterocycles. The number of nitrogens with one attached hydrogen (secondary N) is 1. The van der Waals surface area contributed by atoms with Crippen LogP contribution in [0, 0.1) is 10.1 Å². The normalized spacial score (nSPS) is 11.6. The Morgan fingerprint density at radius 1 is 1.23 bits per heavy atom. The Bertz CT molecular complexity index is 909. The molecular formula is C17H14N4O5. The van der Waals surface area contributed by atoms with Gasteiger partial charge in [-0.15, -0.1) is 10.2 Å². The van der Waals surface area contributed by atoms with Crippen LogP contribution in [0.3, 0.4) is 0 Å². The zero-order chi connectivity index (χ0) is 18.5. The molecule has 1 N–H and O–H groups in total. The fraction of sp³-hybridized carbons (Fsp3) is 0.118. The van der Waals surface area contributed by atoms with E-state index < -0.39 is 16.9 Å². The number of carbonyl (C=O) groups is 1. The standard InChI is InChI=1S/C17H14N4O5/c1-11(16(22)19-14-4-2-3-5-15(14)21(23)24)26-13-8-6-12(7-9-13)17-20-18-10-25-17/h2-11H,1H3,(H,19,22)/t11-/m0/s1. The molecule has 0 spiro atoms. The van der Waals surface area contributed by atoms with Gasteiger partial charge in [-0.1, -0.05) is 12.1 Å². The first-order chi connectivity index (χ1) is 12.5. The van der Waals surface area contributed by atoms with Crippen LogP contribution in [0.25, 0.3) is 11.5 Å². The average molecular weight is 354 g/mol. The highest BCUT2D eigenvalue weighted by Gasteiger charge is 2.20. The molecular weight excluding hydrogens is 340 g/mol. The summed E-state index contributed by atoms with van der Waals surface area (Å²) in [6, 6.07) is 12.7. The van der Waals surface area contributed by atoms with E-state index in [2.05, 4.69) is 15.5 Å². The van der Waals surface area contributed by atoms with Gasteiger partial charge >= 0.3 is 0 Å². The third kappa shape index (κ3) is 3.83. The topological polar surface area (TPSA) is 120 Å². The van der Waals surface area contributed by atoms with Gasteiger partial charge in [-0.05, 0) is 37.3 Å². The van der Waals surface area contributed by atoms with Crippen molar-refractivity contribution in [2.24, 2.45) is 0 Å². The number of para-hydroxylation sites is 2. The molecule has 0 aliphatic carbocycles. The summed E-state index contributed by atoms with van der Waals surface area (Å²) in [6.45, 7) is 1.55. The number of rotatable bonds is 6. The predicted molar refractivity (Wildman–Crippen MR) is 91.6 cm³/mol. The highest BCUT2D eigenvalue weighted by atomic mass is 16.6. The van der Waals surface area contributed by atoms with Gasteiger partial charge in [0.05, 0.1) is 4.92 Å². The first-order valence-corrected chi connectivity index (χ1v) is 7.62. The van der Waals surface area contributed by atoms with Gasteiger partial charge in [0.15, 0.2) is 6.10 Å². The third-order valence-corrected chi connectivity index (χ3v) is 3.50. The first-order valence-electron chi connectivity index (χ1n) is 7.62. The largest absolute Gasteiger partial charge is 0.481 e. The van der Waals surface area contributed by atoms with Crippen molar-refractivity contribution >= 4 is 17.3 Å². The van der Waals surface area contributed by atoms with Gasteiger partial charge in [-0.2, -0.15) is 0 Å². The molecule has 3 rings (SSSR count). The summed E-state index contributed by atoms with van der Waals surface area (Å²) in [7, 11) is 0. The molecule has 132 valence electrons. The van der Waals surface area contributed by atoms with Crippen LogP contribution in [0.15, 0.2) is 59.3 Å². The molecule has 3 aromatic rings. The number of carbonyl (C=O) groups excluding carboxylic acids is 1. The van der Waals surface area contributed by atoms with Crippen molar-refractivity contribution in [1.29, 1.82) is 0 Å². The lowest BCUT2D eigenvalue weighted by Gasteiger charge is -2.15. The van der Waals surface area contributed by atoms with Gasteiger partial charge in [0.1, 0.15) is 11.4 Å². The van der Waals surface area contributed by atoms with Crippen LogP contribution in [0.2, 0.25) is 0 Å². The van der Waals surface area contributed by atoms with Crippen LogP contribution < -0.4 is 10.1 Å². The second-order valence-electron chi connectivity index (χ2n) is 5.29. The number of anilines is 1. The summed E-state index contributed by atoms with van der Waals surface area (Å²) in [5.74, 6) is 0.331. The summed E-state index contributed by atoms with van der Waals surface area (Å²) < 4.78 is 10.7. The number of amides is 1. The van der Waals surface area contributed by atoms with Crippen molar-refractivity contribution in [2.75, 3.05) is 5.32 Å². The SMILES string of the molecule is C[C@H](Oc1ccc(-c2nnco2)cc1)C(=O)Nc1ccccc1[N+](=O)[O-]. The maximum Gasteiger partial charge on any atom is 0.292 e. The minimum Gasteiger partial charge on any atom is -0.481 e. The number of ether oxygens (including phenoxy) is 1. The van der Waals surface area contributed by atoms with Gasteiger partial charge in [0.25, 0.3) is 11.6 Å². The summed E-state index contributed by atoms with van der Waals surface area (Å²) in [4.78, 5) is 22.7. The second-order valence-corrected chi connectivity index (χ2v) is 5.29. The third-order valence-electron chi connectivity index (χ3n) is 3.50. The number of benzene rings is 2. The number of nitrogens with zero attached hydrogens (tertiary/aromatic N) is 3. The van der Waals surface area contributed by atoms with Crippen molar-refractivity contribution in [1.82, 2.24) is 10.2 Å². The van der Waals surface area contributed by atoms with Crippen LogP contribution in [0.5, 0.6) is 5.75 Å². The molecule has 1 atom stereocenters. The van der Waals surface area contributed by atoms with Gasteiger partial charge in [-0.25, -0.2) is 0 Å². The maximum absolute atomic E-state index is 12.3. The maximum atomic E-state index is 12.3. The zero-order valence-corrected chi connectivity index (χ0v) is 13.7. The Labute approximate surface area is 147 Å². The van der Waals surface area contributed by atoms with Crippen LogP contribution in [0.4, 0.5) is 11.4 Å². The zero-order valence-electron chi connectivity index (χ0n) is 13.7. The van der Waals surface area contributed by atoms with Crippen LogP contribution in [0.1, 0.15) is 6.92 Å². The van der Waals surface area contributed by atoms with E-state index in [9.17, 15) is 14.9 Å². The van der Waals surface area contributed by atoms with Gasteiger partial charge < -0.3 is 14.5 Å². The highest BCUT2D eigenvalue weighted by molar-refractivity contribution is 5.96. The van der Waals surface area contributed by atoms with Crippen molar-refractivity contribution < 1.29 is 18.9 Å². The Morgan fingerprint density at radius 2 is 1.96 bits per heavy atom. The number of hydrogen-bond acceptors (Lipinski definition) is 7. The molecule has 0 saturated carbocycles. The molecule has 2 aromatic carbocycles. The molecule has 1 aromatic heterocycles. The quantitative estimate of drug-likeness (QED) is 0.533. The Balaban J connectivity index is 1.65. The molecule has 0 fully saturated rings. The van der Waals surface area contributed by atoms with E-state index in [1.165, 1.54) is 24.6 Å². The van der Waals surface area contributed by atoms with E-state index in [-0.39, 0.29) is 11.4 Å². The Morgan fingerprint density at radius 3 is 2.62 bits per heavy atom. The Kier molecular flexibility index (Phi) is 4.88. The van der Waals surface area contributed by atoms with Crippen molar-refractivity contribution in [3.63, 3.8) is 0 Å². The molecule has 1 heterocycles. The minimum atomic E-state index is -0.857. The molecule has 9 nitrogen and oxygen atoms in total. The average Bonchev–Trinajstić information content (AvgIpc) is 3.17. The lowest BCUT2D eigenvalue weighted by molar-refractivity contribution is -0.383. The molecule has 9 heteroatoms. The summed E-state index contributed by atoms with van der Waals surface area (Å²) in [5, 5.41) is 20.9. The predicted octanol–water partition coefficient (Wildman–Crippen LogP) is 3.05. The lowest BCUT2D eigenvalue weighted by atomic mass is 10.2.